The van der Waals surface area contributed by atoms with E-state index in [1.165, 1.54) is 89.9 Å². The molecule has 0 spiro atoms. The molecular weight excluding hydrogens is 192 g/mol. The number of rotatable bonds is 0. The van der Waals surface area contributed by atoms with Gasteiger partial charge in [0.2, 0.25) is 0 Å². The van der Waals surface area contributed by atoms with E-state index in [1.54, 1.807) is 0 Å². The predicted molar refractivity (Wildman–Crippen MR) is 71.7 cm³/mol. The highest BCUT2D eigenvalue weighted by atomic mass is 14.2. The first-order valence-electron chi connectivity index (χ1n) is 7.66. The number of hydrogen-bond donors (Lipinski definition) is 0. The van der Waals surface area contributed by atoms with Crippen molar-refractivity contribution in [1.29, 1.82) is 0 Å². The topological polar surface area (TPSA) is 0 Å². The van der Waals surface area contributed by atoms with Crippen molar-refractivity contribution in [3.8, 4) is 0 Å². The summed E-state index contributed by atoms with van der Waals surface area (Å²) in [5.41, 5.74) is 3.78. The van der Waals surface area contributed by atoms with Crippen LogP contribution < -0.4 is 0 Å². The average molecular weight is 220 g/mol. The van der Waals surface area contributed by atoms with Crippen LogP contribution in [0.5, 0.6) is 0 Å². The van der Waals surface area contributed by atoms with Crippen molar-refractivity contribution in [3.63, 3.8) is 0 Å². The van der Waals surface area contributed by atoms with Gasteiger partial charge in [-0.2, -0.15) is 0 Å². The molecule has 0 bridgehead atoms. The second-order valence-electron chi connectivity index (χ2n) is 5.74. The number of hydrogen-bond acceptors (Lipinski definition) is 0. The molecule has 0 saturated heterocycles. The van der Waals surface area contributed by atoms with Crippen molar-refractivity contribution in [2.24, 2.45) is 0 Å². The van der Waals surface area contributed by atoms with Crippen LogP contribution in [0.2, 0.25) is 0 Å². The molecule has 0 amide bonds. The van der Waals surface area contributed by atoms with Crippen molar-refractivity contribution in [2.75, 3.05) is 0 Å². The molecule has 0 aromatic rings. The highest BCUT2D eigenvalue weighted by Gasteiger charge is 2.11. The van der Waals surface area contributed by atoms with E-state index in [0.29, 0.717) is 0 Å². The van der Waals surface area contributed by atoms with Crippen LogP contribution in [0.3, 0.4) is 0 Å². The van der Waals surface area contributed by atoms with Gasteiger partial charge in [0.15, 0.2) is 0 Å². The summed E-state index contributed by atoms with van der Waals surface area (Å²) in [7, 11) is 0. The monoisotopic (exact) mass is 220 g/mol. The molecular formula is C16H28. The fraction of sp³-hybridized carbons (Fsp3) is 0.875. The van der Waals surface area contributed by atoms with Gasteiger partial charge in [-0.1, -0.05) is 49.7 Å². The van der Waals surface area contributed by atoms with Gasteiger partial charge in [0.05, 0.1) is 0 Å². The smallest absolute Gasteiger partial charge is 0.0318 e. The summed E-state index contributed by atoms with van der Waals surface area (Å²) in [5.74, 6) is 0. The van der Waals surface area contributed by atoms with Crippen LogP contribution in [0, 0.1) is 0 Å². The third-order valence-electron chi connectivity index (χ3n) is 4.41. The molecule has 2 saturated carbocycles. The third-order valence-corrected chi connectivity index (χ3v) is 4.41. The minimum atomic E-state index is 1.44. The Balaban J connectivity index is 1.96. The minimum Gasteiger partial charge on any atom is -0.0710 e. The Hall–Kier alpha value is -0.260. The van der Waals surface area contributed by atoms with Crippen molar-refractivity contribution in [1.82, 2.24) is 0 Å². The molecule has 2 fully saturated rings. The summed E-state index contributed by atoms with van der Waals surface area (Å²) in [6.07, 6.45) is 20.6. The molecule has 0 aromatic carbocycles. The molecule has 2 aliphatic rings. The third kappa shape index (κ3) is 3.96. The molecule has 2 aliphatic carbocycles. The van der Waals surface area contributed by atoms with Gasteiger partial charge in [0, 0.05) is 0 Å². The van der Waals surface area contributed by atoms with Gasteiger partial charge in [-0.05, 0) is 51.4 Å². The molecule has 0 atom stereocenters. The van der Waals surface area contributed by atoms with E-state index in [4.69, 9.17) is 0 Å². The zero-order valence-electron chi connectivity index (χ0n) is 10.9. The maximum atomic E-state index is 1.89. The number of allylic oxidation sites excluding steroid dienone is 2. The van der Waals surface area contributed by atoms with Crippen molar-refractivity contribution in [2.45, 2.75) is 89.9 Å². The first kappa shape index (κ1) is 12.2. The lowest BCUT2D eigenvalue weighted by Crippen LogP contribution is -2.00. The molecule has 0 heterocycles. The van der Waals surface area contributed by atoms with Gasteiger partial charge in [-0.15, -0.1) is 0 Å². The lowest BCUT2D eigenvalue weighted by Gasteiger charge is -2.20. The summed E-state index contributed by atoms with van der Waals surface area (Å²) in [6, 6.07) is 0. The molecule has 0 unspecified atom stereocenters. The Morgan fingerprint density at radius 3 is 0.875 bits per heavy atom. The Labute approximate surface area is 102 Å². The van der Waals surface area contributed by atoms with Crippen LogP contribution in [0.15, 0.2) is 11.1 Å². The highest BCUT2D eigenvalue weighted by molar-refractivity contribution is 5.15. The van der Waals surface area contributed by atoms with E-state index >= 15 is 0 Å². The second kappa shape index (κ2) is 7.14. The molecule has 0 nitrogen and oxygen atoms in total. The maximum absolute atomic E-state index is 1.89. The Morgan fingerprint density at radius 2 is 0.562 bits per heavy atom. The van der Waals surface area contributed by atoms with Gasteiger partial charge in [0.25, 0.3) is 0 Å². The van der Waals surface area contributed by atoms with Crippen LogP contribution in [0.1, 0.15) is 89.9 Å². The SMILES string of the molecule is C1CCCC(=C2CCCCCCC2)CCC1. The Bertz CT molecular complexity index is 180. The van der Waals surface area contributed by atoms with Crippen LogP contribution in [-0.2, 0) is 0 Å². The summed E-state index contributed by atoms with van der Waals surface area (Å²) in [5, 5.41) is 0. The zero-order valence-corrected chi connectivity index (χ0v) is 10.9. The second-order valence-corrected chi connectivity index (χ2v) is 5.74. The van der Waals surface area contributed by atoms with Crippen molar-refractivity contribution in [3.05, 3.63) is 11.1 Å². The molecule has 0 aromatic heterocycles. The molecule has 0 radical (unpaired) electrons. The van der Waals surface area contributed by atoms with E-state index in [9.17, 15) is 0 Å². The molecule has 0 heteroatoms. The Morgan fingerprint density at radius 1 is 0.312 bits per heavy atom. The van der Waals surface area contributed by atoms with Gasteiger partial charge in [-0.25, -0.2) is 0 Å². The molecule has 0 aliphatic heterocycles. The van der Waals surface area contributed by atoms with E-state index < -0.39 is 0 Å². The molecule has 2 rings (SSSR count). The fourth-order valence-electron chi connectivity index (χ4n) is 3.37. The van der Waals surface area contributed by atoms with Crippen LogP contribution in [0.25, 0.3) is 0 Å². The zero-order chi connectivity index (χ0) is 11.1. The van der Waals surface area contributed by atoms with E-state index in [1.807, 2.05) is 11.1 Å². The fourth-order valence-corrected chi connectivity index (χ4v) is 3.37. The van der Waals surface area contributed by atoms with Crippen molar-refractivity contribution >= 4 is 0 Å². The first-order valence-corrected chi connectivity index (χ1v) is 7.66. The molecule has 16 heavy (non-hydrogen) atoms. The minimum absolute atomic E-state index is 1.44. The van der Waals surface area contributed by atoms with Gasteiger partial charge < -0.3 is 0 Å². The summed E-state index contributed by atoms with van der Waals surface area (Å²) in [4.78, 5) is 0. The standard InChI is InChI=1S/C16H28/c1-3-7-11-15(12-8-4-1)16-13-9-5-2-6-10-14-16/h1-14H2. The Kier molecular flexibility index (Phi) is 5.45. The van der Waals surface area contributed by atoms with Gasteiger partial charge >= 0.3 is 0 Å². The lowest BCUT2D eigenvalue weighted by molar-refractivity contribution is 0.535. The lowest BCUT2D eigenvalue weighted by atomic mass is 9.87. The normalized spacial score (nSPS) is 25.5. The maximum Gasteiger partial charge on any atom is -0.0318 e. The van der Waals surface area contributed by atoms with E-state index in [0.717, 1.165) is 0 Å². The van der Waals surface area contributed by atoms with Crippen molar-refractivity contribution < 1.29 is 0 Å². The molecule has 92 valence electrons. The van der Waals surface area contributed by atoms with Crippen LogP contribution >= 0.6 is 0 Å². The highest BCUT2D eigenvalue weighted by Crippen LogP contribution is 2.31. The summed E-state index contributed by atoms with van der Waals surface area (Å²) < 4.78 is 0. The summed E-state index contributed by atoms with van der Waals surface area (Å²) >= 11 is 0. The van der Waals surface area contributed by atoms with Crippen LogP contribution in [0.4, 0.5) is 0 Å². The van der Waals surface area contributed by atoms with Gasteiger partial charge in [0.1, 0.15) is 0 Å². The van der Waals surface area contributed by atoms with Crippen LogP contribution in [-0.4, -0.2) is 0 Å². The first-order chi connectivity index (χ1) is 7.97. The van der Waals surface area contributed by atoms with E-state index in [-0.39, 0.29) is 0 Å². The largest absolute Gasteiger partial charge is 0.0710 e. The predicted octanol–water partition coefficient (Wildman–Crippen LogP) is 5.77. The molecule has 0 N–H and O–H groups in total. The van der Waals surface area contributed by atoms with Gasteiger partial charge in [-0.3, -0.25) is 0 Å². The quantitative estimate of drug-likeness (QED) is 0.454. The average Bonchev–Trinajstić information content (AvgIpc) is 2.18. The van der Waals surface area contributed by atoms with E-state index in [2.05, 4.69) is 0 Å². The summed E-state index contributed by atoms with van der Waals surface area (Å²) in [6.45, 7) is 0.